The van der Waals surface area contributed by atoms with Crippen LogP contribution in [0.3, 0.4) is 0 Å². The Balaban J connectivity index is 1.75. The van der Waals surface area contributed by atoms with Gasteiger partial charge in [-0.3, -0.25) is 9.88 Å². The normalized spacial score (nSPS) is 18.2. The van der Waals surface area contributed by atoms with Gasteiger partial charge < -0.3 is 9.64 Å². The van der Waals surface area contributed by atoms with E-state index in [0.717, 1.165) is 47.7 Å². The highest BCUT2D eigenvalue weighted by Crippen LogP contribution is 2.38. The number of hydrogen-bond acceptors (Lipinski definition) is 5. The molecule has 2 fully saturated rings. The molecular formula is C30H42FN3O2. The molecule has 36 heavy (non-hydrogen) atoms. The van der Waals surface area contributed by atoms with Gasteiger partial charge in [0.2, 0.25) is 0 Å². The van der Waals surface area contributed by atoms with E-state index >= 15 is 0 Å². The Morgan fingerprint density at radius 2 is 1.58 bits per heavy atom. The smallest absolute Gasteiger partial charge is 0.340 e. The van der Waals surface area contributed by atoms with Crippen LogP contribution in [0.15, 0.2) is 24.3 Å². The molecule has 0 N–H and O–H groups in total. The van der Waals surface area contributed by atoms with Crippen LogP contribution in [0.5, 0.6) is 0 Å². The van der Waals surface area contributed by atoms with Crippen molar-refractivity contribution in [2.75, 3.05) is 33.3 Å². The third-order valence-electron chi connectivity index (χ3n) is 7.82. The summed E-state index contributed by atoms with van der Waals surface area (Å²) >= 11 is 0. The van der Waals surface area contributed by atoms with Gasteiger partial charge in [0.1, 0.15) is 5.82 Å². The molecule has 0 unspecified atom stereocenters. The molecule has 0 amide bonds. The first-order valence-corrected chi connectivity index (χ1v) is 13.7. The SMILES string of the molecule is COC(=O)c1c(C(C)C)nc(C(C)C)c(CN2CCC(N3CCCCC3)CC2)c1-c1ccc(F)cc1. The summed E-state index contributed by atoms with van der Waals surface area (Å²) in [7, 11) is 1.42. The van der Waals surface area contributed by atoms with Crippen LogP contribution < -0.4 is 0 Å². The maximum Gasteiger partial charge on any atom is 0.340 e. The van der Waals surface area contributed by atoms with Gasteiger partial charge in [-0.15, -0.1) is 0 Å². The van der Waals surface area contributed by atoms with E-state index in [1.807, 2.05) is 0 Å². The third kappa shape index (κ3) is 5.81. The van der Waals surface area contributed by atoms with Crippen LogP contribution in [0.4, 0.5) is 4.39 Å². The van der Waals surface area contributed by atoms with Crippen molar-refractivity contribution in [1.82, 2.24) is 14.8 Å². The molecule has 0 atom stereocenters. The van der Waals surface area contributed by atoms with Gasteiger partial charge in [-0.05, 0) is 87.0 Å². The summed E-state index contributed by atoms with van der Waals surface area (Å²) in [5, 5.41) is 0. The number of carbonyl (C=O) groups excluding carboxylic acids is 1. The Kier molecular flexibility index (Phi) is 8.78. The number of piperidine rings is 2. The summed E-state index contributed by atoms with van der Waals surface area (Å²) in [5.74, 6) is -0.438. The highest BCUT2D eigenvalue weighted by atomic mass is 19.1. The lowest BCUT2D eigenvalue weighted by molar-refractivity contribution is 0.0599. The molecule has 0 bridgehead atoms. The van der Waals surface area contributed by atoms with E-state index in [1.54, 1.807) is 12.1 Å². The fourth-order valence-corrected chi connectivity index (χ4v) is 5.91. The van der Waals surface area contributed by atoms with Crippen LogP contribution in [-0.4, -0.2) is 60.1 Å². The van der Waals surface area contributed by atoms with Gasteiger partial charge in [0, 0.05) is 23.8 Å². The van der Waals surface area contributed by atoms with Gasteiger partial charge in [0.05, 0.1) is 18.4 Å². The van der Waals surface area contributed by atoms with Gasteiger partial charge in [-0.2, -0.15) is 0 Å². The van der Waals surface area contributed by atoms with Gasteiger partial charge in [-0.1, -0.05) is 46.2 Å². The molecule has 0 radical (unpaired) electrons. The molecule has 5 nitrogen and oxygen atoms in total. The zero-order valence-electron chi connectivity index (χ0n) is 22.6. The number of halogens is 1. The van der Waals surface area contributed by atoms with Gasteiger partial charge in [0.15, 0.2) is 0 Å². The largest absolute Gasteiger partial charge is 0.465 e. The second kappa shape index (κ2) is 11.8. The summed E-state index contributed by atoms with van der Waals surface area (Å²) < 4.78 is 19.2. The fourth-order valence-electron chi connectivity index (χ4n) is 5.91. The minimum Gasteiger partial charge on any atom is -0.465 e. The zero-order chi connectivity index (χ0) is 25.8. The van der Waals surface area contributed by atoms with E-state index < -0.39 is 0 Å². The van der Waals surface area contributed by atoms with Crippen LogP contribution in [0.25, 0.3) is 11.1 Å². The first kappa shape index (κ1) is 26.7. The van der Waals surface area contributed by atoms with Gasteiger partial charge in [0.25, 0.3) is 0 Å². The molecule has 2 aromatic rings. The van der Waals surface area contributed by atoms with Crippen LogP contribution in [0.2, 0.25) is 0 Å². The standard InChI is InChI=1S/C30H42FN3O2/c1-20(2)28-25(19-33-17-13-24(14-18-33)34-15-7-6-8-16-34)26(22-9-11-23(31)12-10-22)27(30(35)36-5)29(32-28)21(3)4/h9-12,20-21,24H,6-8,13-19H2,1-5H3. The second-order valence-electron chi connectivity index (χ2n) is 11.0. The average molecular weight is 496 g/mol. The quantitative estimate of drug-likeness (QED) is 0.418. The minimum absolute atomic E-state index is 0.0464. The monoisotopic (exact) mass is 495 g/mol. The Bertz CT molecular complexity index is 1040. The van der Waals surface area contributed by atoms with Crippen molar-refractivity contribution in [3.05, 3.63) is 52.6 Å². The van der Waals surface area contributed by atoms with E-state index in [4.69, 9.17) is 9.72 Å². The first-order chi connectivity index (χ1) is 17.3. The van der Waals surface area contributed by atoms with Crippen molar-refractivity contribution in [3.8, 4) is 11.1 Å². The topological polar surface area (TPSA) is 45.7 Å². The molecule has 1 aromatic carbocycles. The van der Waals surface area contributed by atoms with E-state index in [2.05, 4.69) is 37.5 Å². The van der Waals surface area contributed by atoms with Crippen molar-refractivity contribution in [3.63, 3.8) is 0 Å². The van der Waals surface area contributed by atoms with E-state index in [-0.39, 0.29) is 23.6 Å². The zero-order valence-corrected chi connectivity index (χ0v) is 22.6. The molecule has 0 aliphatic carbocycles. The van der Waals surface area contributed by atoms with Gasteiger partial charge >= 0.3 is 5.97 Å². The fraction of sp³-hybridized carbons (Fsp3) is 0.600. The number of pyridine rings is 1. The Hall–Kier alpha value is -2.31. The highest BCUT2D eigenvalue weighted by Gasteiger charge is 2.31. The third-order valence-corrected chi connectivity index (χ3v) is 7.82. The van der Waals surface area contributed by atoms with Gasteiger partial charge in [-0.25, -0.2) is 9.18 Å². The van der Waals surface area contributed by atoms with E-state index in [9.17, 15) is 9.18 Å². The molecule has 196 valence electrons. The minimum atomic E-state index is -0.383. The molecule has 1 aromatic heterocycles. The molecule has 4 rings (SSSR count). The number of rotatable bonds is 7. The highest BCUT2D eigenvalue weighted by molar-refractivity contribution is 5.99. The number of esters is 1. The summed E-state index contributed by atoms with van der Waals surface area (Å²) in [6.07, 6.45) is 6.35. The Morgan fingerprint density at radius 1 is 0.972 bits per heavy atom. The predicted octanol–water partition coefficient (Wildman–Crippen LogP) is 6.37. The van der Waals surface area contributed by atoms with Crippen LogP contribution >= 0.6 is 0 Å². The number of ether oxygens (including phenoxy) is 1. The lowest BCUT2D eigenvalue weighted by Gasteiger charge is -2.40. The van der Waals surface area contributed by atoms with Crippen molar-refractivity contribution in [2.24, 2.45) is 0 Å². The second-order valence-corrected chi connectivity index (χ2v) is 11.0. The van der Waals surface area contributed by atoms with E-state index in [0.29, 0.717) is 11.6 Å². The summed E-state index contributed by atoms with van der Waals surface area (Å²) in [6.45, 7) is 13.7. The lowest BCUT2D eigenvalue weighted by atomic mass is 9.86. The summed E-state index contributed by atoms with van der Waals surface area (Å²) in [5.41, 5.74) is 5.03. The molecule has 3 heterocycles. The number of nitrogens with zero attached hydrogens (tertiary/aromatic N) is 3. The van der Waals surface area contributed by atoms with E-state index in [1.165, 1.54) is 64.4 Å². The predicted molar refractivity (Wildman–Crippen MR) is 143 cm³/mol. The molecular weight excluding hydrogens is 453 g/mol. The molecule has 2 aliphatic rings. The van der Waals surface area contributed by atoms with Crippen molar-refractivity contribution >= 4 is 5.97 Å². The first-order valence-electron chi connectivity index (χ1n) is 13.7. The van der Waals surface area contributed by atoms with Crippen molar-refractivity contribution < 1.29 is 13.9 Å². The molecule has 6 heteroatoms. The number of likely N-dealkylation sites (tertiary alicyclic amines) is 2. The maximum absolute atomic E-state index is 13.9. The molecule has 2 saturated heterocycles. The average Bonchev–Trinajstić information content (AvgIpc) is 2.89. The summed E-state index contributed by atoms with van der Waals surface area (Å²) in [6, 6.07) is 7.16. The summed E-state index contributed by atoms with van der Waals surface area (Å²) in [4.78, 5) is 23.5. The maximum atomic E-state index is 13.9. The molecule has 0 saturated carbocycles. The molecule has 0 spiro atoms. The number of methoxy groups -OCH3 is 1. The van der Waals surface area contributed by atoms with Crippen molar-refractivity contribution in [2.45, 2.75) is 84.2 Å². The van der Waals surface area contributed by atoms with Crippen molar-refractivity contribution in [1.29, 1.82) is 0 Å². The number of carbonyl (C=O) groups is 1. The van der Waals surface area contributed by atoms with Crippen LogP contribution in [0, 0.1) is 5.82 Å². The molecule has 2 aliphatic heterocycles. The lowest BCUT2D eigenvalue weighted by Crippen LogP contribution is -2.46. The number of benzene rings is 1. The number of aromatic nitrogens is 1. The Morgan fingerprint density at radius 3 is 2.14 bits per heavy atom. The Labute approximate surface area is 216 Å². The van der Waals surface area contributed by atoms with Crippen LogP contribution in [-0.2, 0) is 11.3 Å². The van der Waals surface area contributed by atoms with Crippen LogP contribution in [0.1, 0.15) is 98.9 Å². The number of hydrogen-bond donors (Lipinski definition) is 0.